The van der Waals surface area contributed by atoms with Crippen molar-refractivity contribution in [1.82, 2.24) is 25.5 Å². The first-order valence-electron chi connectivity index (χ1n) is 10.2. The van der Waals surface area contributed by atoms with Crippen LogP contribution in [0.5, 0.6) is 0 Å². The van der Waals surface area contributed by atoms with E-state index in [0.29, 0.717) is 17.1 Å². The van der Waals surface area contributed by atoms with Crippen molar-refractivity contribution in [2.45, 2.75) is 45.2 Å². The molecule has 4 rings (SSSR count). The van der Waals surface area contributed by atoms with E-state index in [1.807, 2.05) is 12.3 Å². The third kappa shape index (κ3) is 4.38. The molecule has 154 valence electrons. The molecule has 1 amide bonds. The van der Waals surface area contributed by atoms with Gasteiger partial charge in [-0.15, -0.1) is 0 Å². The Balaban J connectivity index is 1.45. The van der Waals surface area contributed by atoms with Crippen molar-refractivity contribution in [3.05, 3.63) is 56.7 Å². The van der Waals surface area contributed by atoms with Crippen LogP contribution in [0.25, 0.3) is 0 Å². The van der Waals surface area contributed by atoms with E-state index in [-0.39, 0.29) is 18.0 Å². The molecule has 2 aromatic heterocycles. The predicted octanol–water partition coefficient (Wildman–Crippen LogP) is 1.12. The van der Waals surface area contributed by atoms with E-state index in [0.717, 1.165) is 56.7 Å². The third-order valence-electron chi connectivity index (χ3n) is 5.68. The minimum atomic E-state index is -0.586. The van der Waals surface area contributed by atoms with E-state index in [1.165, 1.54) is 0 Å². The molecular formula is C21H27N5O3. The number of hydrogen-bond acceptors (Lipinski definition) is 7. The van der Waals surface area contributed by atoms with Crippen molar-refractivity contribution in [2.75, 3.05) is 26.7 Å². The Morgan fingerprint density at radius 3 is 3.07 bits per heavy atom. The number of hydrogen-bond donors (Lipinski definition) is 2. The van der Waals surface area contributed by atoms with Gasteiger partial charge in [-0.25, -0.2) is 14.8 Å². The van der Waals surface area contributed by atoms with Crippen LogP contribution < -0.4 is 16.3 Å². The highest BCUT2D eigenvalue weighted by Crippen LogP contribution is 2.23. The summed E-state index contributed by atoms with van der Waals surface area (Å²) in [5.41, 5.74) is 2.25. The zero-order chi connectivity index (χ0) is 20.4. The van der Waals surface area contributed by atoms with Gasteiger partial charge in [0.1, 0.15) is 17.1 Å². The Hall–Kier alpha value is -2.58. The standard InChI is InChI=1S/C21H27N5O3/c1-13-8-17(14-4-3-6-22-9-14)29-21(28)19(13)20(27)24-11-18-23-10-15-12-26(2)7-5-16(15)25-18/h8,10,14,22H,3-7,9,11-12H2,1-2H3,(H,24,27). The van der Waals surface area contributed by atoms with Gasteiger partial charge in [-0.05, 0) is 45.0 Å². The minimum absolute atomic E-state index is 0.0529. The van der Waals surface area contributed by atoms with E-state index < -0.39 is 11.5 Å². The topological polar surface area (TPSA) is 100 Å². The van der Waals surface area contributed by atoms with Gasteiger partial charge in [0.2, 0.25) is 0 Å². The van der Waals surface area contributed by atoms with Crippen LogP contribution in [0.2, 0.25) is 0 Å². The number of aryl methyl sites for hydroxylation is 1. The first-order valence-corrected chi connectivity index (χ1v) is 10.2. The molecule has 8 heteroatoms. The molecule has 29 heavy (non-hydrogen) atoms. The number of carbonyl (C=O) groups excluding carboxylic acids is 1. The first-order chi connectivity index (χ1) is 14.0. The quantitative estimate of drug-likeness (QED) is 0.797. The summed E-state index contributed by atoms with van der Waals surface area (Å²) in [6.45, 7) is 5.53. The molecule has 0 radical (unpaired) electrons. The molecule has 0 aliphatic carbocycles. The lowest BCUT2D eigenvalue weighted by Crippen LogP contribution is -2.32. The van der Waals surface area contributed by atoms with Crippen molar-refractivity contribution in [1.29, 1.82) is 0 Å². The fraction of sp³-hybridized carbons (Fsp3) is 0.524. The van der Waals surface area contributed by atoms with Crippen molar-refractivity contribution in [3.63, 3.8) is 0 Å². The Bertz CT molecular complexity index is 965. The molecule has 0 saturated carbocycles. The highest BCUT2D eigenvalue weighted by Gasteiger charge is 2.23. The van der Waals surface area contributed by atoms with Crippen LogP contribution >= 0.6 is 0 Å². The fourth-order valence-corrected chi connectivity index (χ4v) is 4.03. The van der Waals surface area contributed by atoms with Crippen LogP contribution in [0, 0.1) is 6.92 Å². The van der Waals surface area contributed by atoms with Gasteiger partial charge >= 0.3 is 5.63 Å². The number of aromatic nitrogens is 2. The molecule has 1 saturated heterocycles. The second-order valence-corrected chi connectivity index (χ2v) is 7.97. The van der Waals surface area contributed by atoms with E-state index in [4.69, 9.17) is 4.42 Å². The summed E-state index contributed by atoms with van der Waals surface area (Å²) in [5.74, 6) is 0.925. The van der Waals surface area contributed by atoms with Gasteiger partial charge < -0.3 is 20.0 Å². The van der Waals surface area contributed by atoms with Crippen LogP contribution in [0.4, 0.5) is 0 Å². The van der Waals surface area contributed by atoms with Gasteiger partial charge in [-0.3, -0.25) is 4.79 Å². The zero-order valence-electron chi connectivity index (χ0n) is 17.0. The molecule has 0 bridgehead atoms. The normalized spacial score (nSPS) is 19.6. The molecule has 1 unspecified atom stereocenters. The average Bonchev–Trinajstić information content (AvgIpc) is 2.72. The average molecular weight is 397 g/mol. The highest BCUT2D eigenvalue weighted by molar-refractivity contribution is 5.95. The molecule has 2 aliphatic rings. The summed E-state index contributed by atoms with van der Waals surface area (Å²) in [5, 5.41) is 6.08. The summed E-state index contributed by atoms with van der Waals surface area (Å²) in [7, 11) is 2.07. The van der Waals surface area contributed by atoms with Crippen molar-refractivity contribution >= 4 is 5.91 Å². The van der Waals surface area contributed by atoms with Crippen LogP contribution in [-0.4, -0.2) is 47.5 Å². The van der Waals surface area contributed by atoms with Crippen LogP contribution in [0.1, 0.15) is 57.5 Å². The number of amides is 1. The van der Waals surface area contributed by atoms with Gasteiger partial charge in [0, 0.05) is 49.4 Å². The summed E-state index contributed by atoms with van der Waals surface area (Å²) < 4.78 is 5.49. The molecule has 0 spiro atoms. The monoisotopic (exact) mass is 397 g/mol. The highest BCUT2D eigenvalue weighted by atomic mass is 16.4. The predicted molar refractivity (Wildman–Crippen MR) is 108 cm³/mol. The SMILES string of the molecule is Cc1cc(C2CCCNC2)oc(=O)c1C(=O)NCc1ncc2c(n1)CCN(C)C2. The molecular weight excluding hydrogens is 370 g/mol. The molecule has 1 fully saturated rings. The van der Waals surface area contributed by atoms with E-state index >= 15 is 0 Å². The Labute approximate surface area is 169 Å². The maximum atomic E-state index is 12.6. The van der Waals surface area contributed by atoms with Gasteiger partial charge in [0.25, 0.3) is 5.91 Å². The molecule has 0 aromatic carbocycles. The van der Waals surface area contributed by atoms with E-state index in [9.17, 15) is 9.59 Å². The Morgan fingerprint density at radius 2 is 2.31 bits per heavy atom. The van der Waals surface area contributed by atoms with Gasteiger partial charge in [0.05, 0.1) is 6.54 Å². The van der Waals surface area contributed by atoms with Crippen molar-refractivity contribution in [3.8, 4) is 0 Å². The molecule has 4 heterocycles. The fourth-order valence-electron chi connectivity index (χ4n) is 4.03. The van der Waals surface area contributed by atoms with Crippen molar-refractivity contribution < 1.29 is 9.21 Å². The Kier molecular flexibility index (Phi) is 5.73. The molecule has 2 N–H and O–H groups in total. The van der Waals surface area contributed by atoms with Gasteiger partial charge in [0.15, 0.2) is 0 Å². The smallest absolute Gasteiger partial charge is 0.349 e. The van der Waals surface area contributed by atoms with Gasteiger partial charge in [-0.1, -0.05) is 0 Å². The van der Waals surface area contributed by atoms with E-state index in [1.54, 1.807) is 6.92 Å². The zero-order valence-corrected chi connectivity index (χ0v) is 17.0. The summed E-state index contributed by atoms with van der Waals surface area (Å²) in [4.78, 5) is 36.3. The largest absolute Gasteiger partial charge is 0.427 e. The number of carbonyl (C=O) groups is 1. The number of rotatable bonds is 4. The second-order valence-electron chi connectivity index (χ2n) is 7.97. The molecule has 2 aliphatic heterocycles. The van der Waals surface area contributed by atoms with Crippen LogP contribution in [-0.2, 0) is 19.5 Å². The summed E-state index contributed by atoms with van der Waals surface area (Å²) >= 11 is 0. The lowest BCUT2D eigenvalue weighted by atomic mass is 9.95. The minimum Gasteiger partial charge on any atom is -0.427 e. The Morgan fingerprint density at radius 1 is 1.45 bits per heavy atom. The maximum absolute atomic E-state index is 12.6. The molecule has 8 nitrogen and oxygen atoms in total. The number of nitrogens with zero attached hydrogens (tertiary/aromatic N) is 3. The number of likely N-dealkylation sites (N-methyl/N-ethyl adjacent to an activating group) is 1. The number of piperidine rings is 1. The second kappa shape index (κ2) is 8.42. The maximum Gasteiger partial charge on any atom is 0.349 e. The number of fused-ring (bicyclic) bond motifs is 1. The lowest BCUT2D eigenvalue weighted by Gasteiger charge is -2.23. The number of nitrogens with one attached hydrogen (secondary N) is 2. The lowest BCUT2D eigenvalue weighted by molar-refractivity contribution is 0.0944. The summed E-state index contributed by atoms with van der Waals surface area (Å²) in [6.07, 6.45) is 4.72. The van der Waals surface area contributed by atoms with E-state index in [2.05, 4.69) is 32.5 Å². The first kappa shape index (κ1) is 19.7. The molecule has 1 atom stereocenters. The molecule has 2 aromatic rings. The summed E-state index contributed by atoms with van der Waals surface area (Å²) in [6, 6.07) is 1.82. The van der Waals surface area contributed by atoms with Gasteiger partial charge in [-0.2, -0.15) is 0 Å². The van der Waals surface area contributed by atoms with Crippen LogP contribution in [0.15, 0.2) is 21.5 Å². The van der Waals surface area contributed by atoms with Crippen molar-refractivity contribution in [2.24, 2.45) is 0 Å². The van der Waals surface area contributed by atoms with Crippen LogP contribution in [0.3, 0.4) is 0 Å². The third-order valence-corrected chi connectivity index (χ3v) is 5.68.